The summed E-state index contributed by atoms with van der Waals surface area (Å²) < 4.78 is 0. The fourth-order valence-electron chi connectivity index (χ4n) is 14.0. The molecule has 15 aromatic rings. The van der Waals surface area contributed by atoms with Gasteiger partial charge in [-0.25, -0.2) is 19.9 Å². The quantitative estimate of drug-likeness (QED) is 0.142. The summed E-state index contributed by atoms with van der Waals surface area (Å²) in [6.45, 7) is 0. The first-order valence-electron chi connectivity index (χ1n) is 27.3. The van der Waals surface area contributed by atoms with Crippen molar-refractivity contribution >= 4 is 77.6 Å². The fraction of sp³-hybridized carbons (Fsp3) is 0.0270. The van der Waals surface area contributed by atoms with Crippen LogP contribution in [0.1, 0.15) is 44.5 Å². The second-order valence-corrected chi connectivity index (χ2v) is 23.9. The van der Waals surface area contributed by atoms with E-state index < -0.39 is 10.8 Å². The molecule has 2 aliphatic rings. The Hall–Kier alpha value is -9.50. The summed E-state index contributed by atoms with van der Waals surface area (Å²) in [5, 5.41) is 10.4. The van der Waals surface area contributed by atoms with Gasteiger partial charge in [-0.2, -0.15) is 0 Å². The third kappa shape index (κ3) is 6.56. The van der Waals surface area contributed by atoms with Gasteiger partial charge in [0, 0.05) is 56.2 Å². The van der Waals surface area contributed by atoms with Crippen LogP contribution in [0.2, 0.25) is 0 Å². The monoisotopic (exact) mass is 1080 g/mol. The number of fused-ring (bicyclic) bond motifs is 13. The number of thiophene rings is 1. The topological polar surface area (TPSA) is 51.6 Å². The standard InChI is InChI=1S/C74H44N4S3/c1-5-19-47(20-6-1)73(48-21-7-2-8-22-48)59-31-15-13-27-53(59)63-55(29-17-33-61(63)73)69-67-68(78-66-58-44-46(72-76-40-42-80-72)36-38-52(58)51-37-35-45(71-75-39-41-79-71)43-57(51)65(66)77-67)70(81-69)56-30-18-34-62-64(56)54-28-14-16-32-60(54)74(62,49-23-9-3-10-24-49)50-25-11-4-12-26-50/h1-44H. The molecule has 2 aliphatic carbocycles. The van der Waals surface area contributed by atoms with Crippen LogP contribution in [0, 0.1) is 0 Å². The molecule has 0 saturated heterocycles. The highest BCUT2D eigenvalue weighted by Crippen LogP contribution is 2.62. The van der Waals surface area contributed by atoms with Gasteiger partial charge >= 0.3 is 0 Å². The average Bonchev–Trinajstić information content (AvgIpc) is 4.59. The first-order valence-corrected chi connectivity index (χ1v) is 29.9. The van der Waals surface area contributed by atoms with Crippen LogP contribution in [0.5, 0.6) is 0 Å². The Bertz CT molecular complexity index is 4580. The molecule has 0 amide bonds. The number of rotatable bonds is 8. The largest absolute Gasteiger partial charge is 0.245 e. The maximum atomic E-state index is 6.11. The Kier molecular flexibility index (Phi) is 10.3. The second-order valence-electron chi connectivity index (χ2n) is 21.1. The zero-order valence-electron chi connectivity index (χ0n) is 43.4. The van der Waals surface area contributed by atoms with Gasteiger partial charge < -0.3 is 0 Å². The van der Waals surface area contributed by atoms with Crippen molar-refractivity contribution in [2.45, 2.75) is 10.8 Å². The van der Waals surface area contributed by atoms with Crippen molar-refractivity contribution in [3.63, 3.8) is 0 Å². The number of benzene rings is 11. The summed E-state index contributed by atoms with van der Waals surface area (Å²) >= 11 is 5.13. The fourth-order valence-corrected chi connectivity index (χ4v) is 16.5. The molecule has 0 N–H and O–H groups in total. The Balaban J connectivity index is 1.03. The minimum atomic E-state index is -0.586. The lowest BCUT2D eigenvalue weighted by Crippen LogP contribution is -2.28. The summed E-state index contributed by atoms with van der Waals surface area (Å²) in [5.41, 5.74) is 21.5. The second kappa shape index (κ2) is 18.0. The van der Waals surface area contributed by atoms with E-state index in [-0.39, 0.29) is 0 Å². The Labute approximate surface area is 479 Å². The molecule has 4 nitrogen and oxygen atoms in total. The van der Waals surface area contributed by atoms with E-state index in [1.807, 2.05) is 34.5 Å². The molecule has 11 aromatic carbocycles. The van der Waals surface area contributed by atoms with Crippen molar-refractivity contribution < 1.29 is 0 Å². The van der Waals surface area contributed by atoms with Gasteiger partial charge in [-0.05, 0) is 89.7 Å². The summed E-state index contributed by atoms with van der Waals surface area (Å²) in [7, 11) is 0. The third-order valence-corrected chi connectivity index (χ3v) is 20.1. The van der Waals surface area contributed by atoms with E-state index in [4.69, 9.17) is 19.9 Å². The molecule has 4 aromatic heterocycles. The summed E-state index contributed by atoms with van der Waals surface area (Å²) in [5.74, 6) is 0. The van der Waals surface area contributed by atoms with Crippen LogP contribution in [0.25, 0.3) is 108 Å². The van der Waals surface area contributed by atoms with Gasteiger partial charge in [-0.1, -0.05) is 231 Å². The molecule has 81 heavy (non-hydrogen) atoms. The highest BCUT2D eigenvalue weighted by atomic mass is 32.1. The van der Waals surface area contributed by atoms with Gasteiger partial charge in [0.25, 0.3) is 0 Å². The molecular formula is C74H44N4S3. The van der Waals surface area contributed by atoms with Crippen LogP contribution < -0.4 is 0 Å². The van der Waals surface area contributed by atoms with Gasteiger partial charge in [-0.3, -0.25) is 0 Å². The molecule has 0 saturated carbocycles. The third-order valence-electron chi connectivity index (χ3n) is 17.2. The van der Waals surface area contributed by atoms with Crippen molar-refractivity contribution in [2.24, 2.45) is 0 Å². The van der Waals surface area contributed by atoms with Crippen LogP contribution in [-0.4, -0.2) is 19.9 Å². The summed E-state index contributed by atoms with van der Waals surface area (Å²) in [6.07, 6.45) is 3.77. The Morgan fingerprint density at radius 1 is 0.296 bits per heavy atom. The first kappa shape index (κ1) is 46.4. The van der Waals surface area contributed by atoms with Gasteiger partial charge in [0.05, 0.1) is 31.6 Å². The molecule has 7 heteroatoms. The van der Waals surface area contributed by atoms with Gasteiger partial charge in [0.2, 0.25) is 0 Å². The predicted molar refractivity (Wildman–Crippen MR) is 338 cm³/mol. The SMILES string of the molecule is c1ccc(C2(c3ccccc3)c3ccccc3-c3c(-c4sc(-c5cccc6c5-c5ccccc5C6(c5ccccc5)c5ccccc5)c5nc6c7cc(-c8nccs8)ccc7c7ccc(-c8nccs8)cc7c6nc45)cccc32)cc1. The Morgan fingerprint density at radius 2 is 0.654 bits per heavy atom. The Morgan fingerprint density at radius 3 is 1.04 bits per heavy atom. The maximum Gasteiger partial charge on any atom is 0.123 e. The van der Waals surface area contributed by atoms with E-state index in [0.717, 1.165) is 85.6 Å². The molecule has 0 bridgehead atoms. The molecule has 0 spiro atoms. The lowest BCUT2D eigenvalue weighted by atomic mass is 9.67. The van der Waals surface area contributed by atoms with E-state index in [1.54, 1.807) is 22.7 Å². The normalized spacial score (nSPS) is 13.6. The zero-order valence-corrected chi connectivity index (χ0v) is 45.9. The van der Waals surface area contributed by atoms with Crippen LogP contribution >= 0.6 is 34.0 Å². The molecule has 4 heterocycles. The molecule has 378 valence electrons. The van der Waals surface area contributed by atoms with E-state index in [1.165, 1.54) is 66.8 Å². The minimum absolute atomic E-state index is 0.586. The molecule has 17 rings (SSSR count). The number of aromatic nitrogens is 4. The van der Waals surface area contributed by atoms with Crippen LogP contribution in [0.15, 0.2) is 266 Å². The number of hydrogen-bond acceptors (Lipinski definition) is 7. The molecule has 0 radical (unpaired) electrons. The maximum absolute atomic E-state index is 6.11. The number of nitrogens with zero attached hydrogens (tertiary/aromatic N) is 4. The summed E-state index contributed by atoms with van der Waals surface area (Å²) in [4.78, 5) is 24.0. The molecule has 0 atom stereocenters. The minimum Gasteiger partial charge on any atom is -0.245 e. The van der Waals surface area contributed by atoms with E-state index in [9.17, 15) is 0 Å². The van der Waals surface area contributed by atoms with E-state index >= 15 is 0 Å². The van der Waals surface area contributed by atoms with Gasteiger partial charge in [-0.15, -0.1) is 34.0 Å². The molecule has 0 aliphatic heterocycles. The van der Waals surface area contributed by atoms with Gasteiger partial charge in [0.1, 0.15) is 21.0 Å². The van der Waals surface area contributed by atoms with E-state index in [0.29, 0.717) is 0 Å². The van der Waals surface area contributed by atoms with Crippen molar-refractivity contribution in [2.75, 3.05) is 0 Å². The van der Waals surface area contributed by atoms with E-state index in [2.05, 4.69) is 243 Å². The zero-order chi connectivity index (χ0) is 53.2. The first-order chi connectivity index (χ1) is 40.2. The molecule has 0 unspecified atom stereocenters. The van der Waals surface area contributed by atoms with Crippen molar-refractivity contribution in [1.82, 2.24) is 19.9 Å². The smallest absolute Gasteiger partial charge is 0.123 e. The molecule has 0 fully saturated rings. The summed E-state index contributed by atoms with van der Waals surface area (Å²) in [6, 6.07) is 89.9. The predicted octanol–water partition coefficient (Wildman–Crippen LogP) is 19.5. The average molecular weight is 1090 g/mol. The highest BCUT2D eigenvalue weighted by molar-refractivity contribution is 7.21. The molecular weight excluding hydrogens is 1040 g/mol. The van der Waals surface area contributed by atoms with Crippen molar-refractivity contribution in [1.29, 1.82) is 0 Å². The van der Waals surface area contributed by atoms with Crippen molar-refractivity contribution in [3.8, 4) is 64.3 Å². The lowest BCUT2D eigenvalue weighted by Gasteiger charge is -2.34. The highest BCUT2D eigenvalue weighted by Gasteiger charge is 2.49. The van der Waals surface area contributed by atoms with Gasteiger partial charge in [0.15, 0.2) is 0 Å². The lowest BCUT2D eigenvalue weighted by molar-refractivity contribution is 0.768. The number of hydrogen-bond donors (Lipinski definition) is 0. The number of thiazole rings is 2. The van der Waals surface area contributed by atoms with Crippen LogP contribution in [-0.2, 0) is 10.8 Å². The van der Waals surface area contributed by atoms with Crippen molar-refractivity contribution in [3.05, 3.63) is 310 Å². The van der Waals surface area contributed by atoms with Crippen LogP contribution in [0.3, 0.4) is 0 Å². The van der Waals surface area contributed by atoms with Crippen LogP contribution in [0.4, 0.5) is 0 Å².